The fraction of sp³-hybridized carbons (Fsp3) is 0.360. The van der Waals surface area contributed by atoms with Gasteiger partial charge >= 0.3 is 0 Å². The quantitative estimate of drug-likeness (QED) is 0.420. The molecule has 2 unspecified atom stereocenters. The average molecular weight is 512 g/mol. The number of aryl methyl sites for hydroxylation is 2. The number of nitrogens with two attached hydrogens (primary N) is 2. The minimum atomic E-state index is -1.16. The highest BCUT2D eigenvalue weighted by Gasteiger charge is 2.38. The number of ether oxygens (including phenoxy) is 1. The first-order valence-corrected chi connectivity index (χ1v) is 12.4. The number of nitrogen functional groups attached to an aromatic ring is 1. The van der Waals surface area contributed by atoms with Gasteiger partial charge in [-0.1, -0.05) is 12.1 Å². The topological polar surface area (TPSA) is 154 Å². The van der Waals surface area contributed by atoms with Gasteiger partial charge in [0.05, 0.1) is 11.8 Å². The Hall–Kier alpha value is -3.70. The number of furan rings is 1. The number of nitrogens with zero attached hydrogens (tertiary/aromatic N) is 2. The van der Waals surface area contributed by atoms with Crippen molar-refractivity contribution in [3.63, 3.8) is 0 Å². The summed E-state index contributed by atoms with van der Waals surface area (Å²) < 4.78 is 15.5. The van der Waals surface area contributed by atoms with Gasteiger partial charge in [0.2, 0.25) is 0 Å². The number of carbonyl (C=O) groups excluding carboxylic acids is 3. The third kappa shape index (κ3) is 4.98. The van der Waals surface area contributed by atoms with Crippen molar-refractivity contribution in [2.24, 2.45) is 5.73 Å². The predicted molar refractivity (Wildman–Crippen MR) is 136 cm³/mol. The van der Waals surface area contributed by atoms with Crippen molar-refractivity contribution in [3.05, 3.63) is 63.6 Å². The SMILES string of the molecule is Cc1ccc(C(C(=O)NCC2CCCO2)N(C(=O)c2snc(C(N)=O)c2N)c2cccc(C)c2C)o1. The lowest BCUT2D eigenvalue weighted by Crippen LogP contribution is -2.45. The number of anilines is 2. The third-order valence-corrected chi connectivity index (χ3v) is 7.13. The number of benzene rings is 1. The fourth-order valence-electron chi connectivity index (χ4n) is 4.19. The van der Waals surface area contributed by atoms with Crippen LogP contribution in [0.1, 0.15) is 61.7 Å². The van der Waals surface area contributed by atoms with Crippen LogP contribution in [-0.4, -0.2) is 41.4 Å². The van der Waals surface area contributed by atoms with Crippen LogP contribution in [0.25, 0.3) is 0 Å². The van der Waals surface area contributed by atoms with Crippen LogP contribution in [0, 0.1) is 20.8 Å². The van der Waals surface area contributed by atoms with Gasteiger partial charge in [0.15, 0.2) is 11.7 Å². The van der Waals surface area contributed by atoms with E-state index in [-0.39, 0.29) is 28.1 Å². The molecule has 1 aromatic carbocycles. The average Bonchev–Trinajstić information content (AvgIpc) is 3.59. The van der Waals surface area contributed by atoms with Crippen molar-refractivity contribution < 1.29 is 23.5 Å². The molecule has 11 heteroatoms. The van der Waals surface area contributed by atoms with Gasteiger partial charge in [-0.25, -0.2) is 0 Å². The first kappa shape index (κ1) is 25.4. The van der Waals surface area contributed by atoms with E-state index in [0.29, 0.717) is 24.6 Å². The zero-order valence-electron chi connectivity index (χ0n) is 20.4. The molecule has 10 nitrogen and oxygen atoms in total. The molecule has 0 spiro atoms. The van der Waals surface area contributed by atoms with E-state index in [4.69, 9.17) is 20.6 Å². The lowest BCUT2D eigenvalue weighted by atomic mass is 10.0. The molecule has 1 aliphatic heterocycles. The van der Waals surface area contributed by atoms with Crippen molar-refractivity contribution in [1.82, 2.24) is 9.69 Å². The van der Waals surface area contributed by atoms with Crippen LogP contribution in [0.15, 0.2) is 34.7 Å². The van der Waals surface area contributed by atoms with Crippen LogP contribution in [0.4, 0.5) is 11.4 Å². The van der Waals surface area contributed by atoms with Crippen LogP contribution in [0.5, 0.6) is 0 Å². The first-order chi connectivity index (χ1) is 17.2. The van der Waals surface area contributed by atoms with Gasteiger partial charge in [-0.3, -0.25) is 19.3 Å². The summed E-state index contributed by atoms with van der Waals surface area (Å²) in [6, 6.07) is 7.71. The molecule has 2 atom stereocenters. The molecule has 36 heavy (non-hydrogen) atoms. The zero-order valence-corrected chi connectivity index (χ0v) is 21.2. The molecule has 4 rings (SSSR count). The van der Waals surface area contributed by atoms with Crippen LogP contribution >= 0.6 is 11.5 Å². The van der Waals surface area contributed by atoms with E-state index in [1.54, 1.807) is 31.2 Å². The number of amides is 3. The summed E-state index contributed by atoms with van der Waals surface area (Å²) in [5.74, 6) is -1.01. The molecular weight excluding hydrogens is 482 g/mol. The van der Waals surface area contributed by atoms with Crippen molar-refractivity contribution in [2.75, 3.05) is 23.8 Å². The van der Waals surface area contributed by atoms with E-state index in [1.165, 1.54) is 4.90 Å². The summed E-state index contributed by atoms with van der Waals surface area (Å²) in [6.45, 7) is 6.50. The molecule has 190 valence electrons. The zero-order chi connectivity index (χ0) is 26.0. The summed E-state index contributed by atoms with van der Waals surface area (Å²) in [5.41, 5.74) is 13.4. The Kier molecular flexibility index (Phi) is 7.41. The van der Waals surface area contributed by atoms with Gasteiger partial charge in [-0.05, 0) is 74.5 Å². The van der Waals surface area contributed by atoms with Gasteiger partial charge in [-0.2, -0.15) is 4.37 Å². The number of hydrogen-bond donors (Lipinski definition) is 3. The molecular formula is C25H29N5O5S. The standard InChI is InChI=1S/C25H29N5O5S/c1-13-6-4-8-17(15(13)3)30(25(33)22-19(26)20(23(27)31)29-36-22)21(18-10-9-14(2)35-18)24(32)28-12-16-7-5-11-34-16/h4,6,8-10,16,21H,5,7,11-12,26H2,1-3H3,(H2,27,31)(H,28,32). The number of aromatic nitrogens is 1. The molecule has 1 fully saturated rings. The Morgan fingerprint density at radius 1 is 1.22 bits per heavy atom. The smallest absolute Gasteiger partial charge is 0.273 e. The molecule has 3 heterocycles. The third-order valence-electron chi connectivity index (χ3n) is 6.28. The molecule has 1 saturated heterocycles. The second-order valence-corrected chi connectivity index (χ2v) is 9.54. The van der Waals surface area contributed by atoms with Crippen LogP contribution in [0.2, 0.25) is 0 Å². The van der Waals surface area contributed by atoms with E-state index in [2.05, 4.69) is 9.69 Å². The van der Waals surface area contributed by atoms with Crippen molar-refractivity contribution in [2.45, 2.75) is 45.8 Å². The Labute approximate surface area is 212 Å². The Bertz CT molecular complexity index is 1290. The minimum Gasteiger partial charge on any atom is -0.464 e. The van der Waals surface area contributed by atoms with E-state index in [1.807, 2.05) is 19.9 Å². The van der Waals surface area contributed by atoms with Crippen molar-refractivity contribution in [3.8, 4) is 0 Å². The monoisotopic (exact) mass is 511 g/mol. The Balaban J connectivity index is 1.83. The maximum Gasteiger partial charge on any atom is 0.273 e. The summed E-state index contributed by atoms with van der Waals surface area (Å²) >= 11 is 0.760. The van der Waals surface area contributed by atoms with E-state index in [0.717, 1.165) is 35.5 Å². The Morgan fingerprint density at radius 3 is 2.61 bits per heavy atom. The second-order valence-electron chi connectivity index (χ2n) is 8.76. The largest absolute Gasteiger partial charge is 0.464 e. The molecule has 0 aliphatic carbocycles. The highest BCUT2D eigenvalue weighted by Crippen LogP contribution is 2.36. The highest BCUT2D eigenvalue weighted by atomic mass is 32.1. The second kappa shape index (κ2) is 10.5. The number of hydrogen-bond acceptors (Lipinski definition) is 8. The van der Waals surface area contributed by atoms with Gasteiger partial charge < -0.3 is 25.9 Å². The summed E-state index contributed by atoms with van der Waals surface area (Å²) in [6.07, 6.45) is 1.69. The van der Waals surface area contributed by atoms with Crippen LogP contribution in [-0.2, 0) is 9.53 Å². The molecule has 0 radical (unpaired) electrons. The lowest BCUT2D eigenvalue weighted by Gasteiger charge is -2.31. The van der Waals surface area contributed by atoms with E-state index >= 15 is 0 Å². The molecule has 0 bridgehead atoms. The van der Waals surface area contributed by atoms with E-state index in [9.17, 15) is 14.4 Å². The molecule has 3 amide bonds. The normalized spacial score (nSPS) is 16.0. The van der Waals surface area contributed by atoms with Crippen LogP contribution in [0.3, 0.4) is 0 Å². The maximum atomic E-state index is 14.1. The van der Waals surface area contributed by atoms with Crippen molar-refractivity contribution >= 4 is 40.6 Å². The Morgan fingerprint density at radius 2 is 2.00 bits per heavy atom. The maximum absolute atomic E-state index is 14.1. The number of primary amides is 1. The highest BCUT2D eigenvalue weighted by molar-refractivity contribution is 7.09. The van der Waals surface area contributed by atoms with Gasteiger partial charge in [0.1, 0.15) is 16.4 Å². The number of carbonyl (C=O) groups is 3. The van der Waals surface area contributed by atoms with Gasteiger partial charge in [-0.15, -0.1) is 0 Å². The number of rotatable bonds is 8. The predicted octanol–water partition coefficient (Wildman–Crippen LogP) is 3.03. The fourth-order valence-corrected chi connectivity index (χ4v) is 4.93. The lowest BCUT2D eigenvalue weighted by molar-refractivity contribution is -0.123. The molecule has 3 aromatic rings. The molecule has 1 aliphatic rings. The van der Waals surface area contributed by atoms with Gasteiger partial charge in [0, 0.05) is 18.8 Å². The summed E-state index contributed by atoms with van der Waals surface area (Å²) in [7, 11) is 0. The van der Waals surface area contributed by atoms with Gasteiger partial charge in [0.25, 0.3) is 17.7 Å². The summed E-state index contributed by atoms with van der Waals surface area (Å²) in [5, 5.41) is 2.93. The summed E-state index contributed by atoms with van der Waals surface area (Å²) in [4.78, 5) is 40.9. The minimum absolute atomic E-state index is 0.00455. The van der Waals surface area contributed by atoms with Crippen LogP contribution < -0.4 is 21.7 Å². The van der Waals surface area contributed by atoms with E-state index < -0.39 is 23.8 Å². The molecule has 0 saturated carbocycles. The molecule has 2 aromatic heterocycles. The first-order valence-electron chi connectivity index (χ1n) is 11.6. The molecule has 5 N–H and O–H groups in total. The van der Waals surface area contributed by atoms with Crippen molar-refractivity contribution in [1.29, 1.82) is 0 Å². The number of nitrogens with one attached hydrogen (secondary N) is 1.